The van der Waals surface area contributed by atoms with Crippen LogP contribution in [0.4, 0.5) is 4.39 Å². The molecule has 2 rings (SSSR count). The highest BCUT2D eigenvalue weighted by Crippen LogP contribution is 2.11. The molecule has 0 saturated heterocycles. The van der Waals surface area contributed by atoms with Gasteiger partial charge in [-0.25, -0.2) is 9.37 Å². The smallest absolute Gasteiger partial charge is 0.129 e. The van der Waals surface area contributed by atoms with E-state index in [9.17, 15) is 4.39 Å². The SMILES string of the molecule is Fc1cccc(Cc2ccc(Cl)nc2)c1. The Hall–Kier alpha value is -1.41. The van der Waals surface area contributed by atoms with Crippen molar-refractivity contribution in [3.8, 4) is 0 Å². The first kappa shape index (κ1) is 10.1. The lowest BCUT2D eigenvalue weighted by atomic mass is 10.1. The number of pyridine rings is 1. The molecule has 2 aromatic rings. The Morgan fingerprint density at radius 3 is 2.67 bits per heavy atom. The number of rotatable bonds is 2. The summed E-state index contributed by atoms with van der Waals surface area (Å²) in [5.41, 5.74) is 1.95. The first-order chi connectivity index (χ1) is 7.24. The van der Waals surface area contributed by atoms with Crippen LogP contribution in [-0.4, -0.2) is 4.98 Å². The van der Waals surface area contributed by atoms with Crippen molar-refractivity contribution < 1.29 is 4.39 Å². The van der Waals surface area contributed by atoms with Gasteiger partial charge in [0, 0.05) is 6.20 Å². The number of benzene rings is 1. The van der Waals surface area contributed by atoms with Crippen LogP contribution in [0.1, 0.15) is 11.1 Å². The van der Waals surface area contributed by atoms with Crippen LogP contribution in [0.25, 0.3) is 0 Å². The van der Waals surface area contributed by atoms with Crippen molar-refractivity contribution in [3.05, 3.63) is 64.7 Å². The molecule has 1 heterocycles. The third-order valence-corrected chi connectivity index (χ3v) is 2.31. The molecule has 0 amide bonds. The van der Waals surface area contributed by atoms with E-state index in [1.807, 2.05) is 12.1 Å². The molecule has 0 unspecified atom stereocenters. The molecule has 1 aromatic carbocycles. The molecule has 0 aliphatic heterocycles. The highest BCUT2D eigenvalue weighted by atomic mass is 35.5. The molecular weight excluding hydrogens is 213 g/mol. The molecule has 0 spiro atoms. The molecule has 0 radical (unpaired) electrons. The van der Waals surface area contributed by atoms with Gasteiger partial charge in [-0.3, -0.25) is 0 Å². The quantitative estimate of drug-likeness (QED) is 0.708. The second-order valence-electron chi connectivity index (χ2n) is 3.30. The predicted octanol–water partition coefficient (Wildman–Crippen LogP) is 3.46. The Bertz CT molecular complexity index is 453. The zero-order valence-electron chi connectivity index (χ0n) is 7.95. The summed E-state index contributed by atoms with van der Waals surface area (Å²) in [6.45, 7) is 0. The predicted molar refractivity (Wildman–Crippen MR) is 58.5 cm³/mol. The van der Waals surface area contributed by atoms with Gasteiger partial charge in [-0.2, -0.15) is 0 Å². The van der Waals surface area contributed by atoms with Crippen LogP contribution in [0.5, 0.6) is 0 Å². The molecular formula is C12H9ClFN. The van der Waals surface area contributed by atoms with E-state index in [1.165, 1.54) is 12.1 Å². The molecule has 0 atom stereocenters. The number of hydrogen-bond donors (Lipinski definition) is 0. The molecule has 0 N–H and O–H groups in total. The fourth-order valence-corrected chi connectivity index (χ4v) is 1.51. The Balaban J connectivity index is 2.18. The summed E-state index contributed by atoms with van der Waals surface area (Å²) >= 11 is 5.67. The van der Waals surface area contributed by atoms with Crippen molar-refractivity contribution >= 4 is 11.6 Å². The number of aromatic nitrogens is 1. The number of nitrogens with zero attached hydrogens (tertiary/aromatic N) is 1. The molecule has 15 heavy (non-hydrogen) atoms. The summed E-state index contributed by atoms with van der Waals surface area (Å²) < 4.78 is 12.9. The maximum Gasteiger partial charge on any atom is 0.129 e. The van der Waals surface area contributed by atoms with E-state index in [-0.39, 0.29) is 5.82 Å². The largest absolute Gasteiger partial charge is 0.244 e. The molecule has 0 aliphatic carbocycles. The summed E-state index contributed by atoms with van der Waals surface area (Å²) in [4.78, 5) is 3.97. The van der Waals surface area contributed by atoms with Crippen LogP contribution in [0.15, 0.2) is 42.6 Å². The van der Waals surface area contributed by atoms with E-state index in [0.717, 1.165) is 11.1 Å². The second-order valence-corrected chi connectivity index (χ2v) is 3.68. The minimum atomic E-state index is -0.213. The third kappa shape index (κ3) is 2.77. The Kier molecular flexibility index (Phi) is 2.97. The maximum absolute atomic E-state index is 12.9. The van der Waals surface area contributed by atoms with E-state index in [0.29, 0.717) is 11.6 Å². The molecule has 0 saturated carbocycles. The second kappa shape index (κ2) is 4.41. The first-order valence-electron chi connectivity index (χ1n) is 4.59. The van der Waals surface area contributed by atoms with Gasteiger partial charge < -0.3 is 0 Å². The first-order valence-corrected chi connectivity index (χ1v) is 4.97. The summed E-state index contributed by atoms with van der Waals surface area (Å²) in [7, 11) is 0. The molecule has 3 heteroatoms. The van der Waals surface area contributed by atoms with E-state index in [2.05, 4.69) is 4.98 Å². The zero-order valence-corrected chi connectivity index (χ0v) is 8.71. The Morgan fingerprint density at radius 1 is 1.13 bits per heavy atom. The monoisotopic (exact) mass is 221 g/mol. The highest BCUT2D eigenvalue weighted by molar-refractivity contribution is 6.29. The lowest BCUT2D eigenvalue weighted by Gasteiger charge is -2.01. The average molecular weight is 222 g/mol. The van der Waals surface area contributed by atoms with Crippen LogP contribution < -0.4 is 0 Å². The number of halogens is 2. The summed E-state index contributed by atoms with van der Waals surface area (Å²) in [6, 6.07) is 10.2. The molecule has 0 aliphatic rings. The Labute approximate surface area is 92.5 Å². The molecule has 1 nitrogen and oxygen atoms in total. The van der Waals surface area contributed by atoms with Gasteiger partial charge in [0.15, 0.2) is 0 Å². The van der Waals surface area contributed by atoms with Crippen LogP contribution in [-0.2, 0) is 6.42 Å². The molecule has 76 valence electrons. The molecule has 0 bridgehead atoms. The van der Waals surface area contributed by atoms with Gasteiger partial charge in [0.05, 0.1) is 0 Å². The molecule has 0 fully saturated rings. The fraction of sp³-hybridized carbons (Fsp3) is 0.0833. The van der Waals surface area contributed by atoms with E-state index in [1.54, 1.807) is 18.3 Å². The fourth-order valence-electron chi connectivity index (χ4n) is 1.39. The van der Waals surface area contributed by atoms with Gasteiger partial charge in [0.1, 0.15) is 11.0 Å². The minimum Gasteiger partial charge on any atom is -0.244 e. The minimum absolute atomic E-state index is 0.213. The highest BCUT2D eigenvalue weighted by Gasteiger charge is 1.98. The van der Waals surface area contributed by atoms with Crippen LogP contribution in [0.2, 0.25) is 5.15 Å². The Morgan fingerprint density at radius 2 is 2.00 bits per heavy atom. The summed E-state index contributed by atoms with van der Waals surface area (Å²) in [5.74, 6) is -0.213. The lowest BCUT2D eigenvalue weighted by molar-refractivity contribution is 0.626. The van der Waals surface area contributed by atoms with Gasteiger partial charge in [-0.1, -0.05) is 29.8 Å². The van der Waals surface area contributed by atoms with Crippen molar-refractivity contribution in [2.45, 2.75) is 6.42 Å². The average Bonchev–Trinajstić information content (AvgIpc) is 2.22. The van der Waals surface area contributed by atoms with E-state index >= 15 is 0 Å². The third-order valence-electron chi connectivity index (χ3n) is 2.09. The van der Waals surface area contributed by atoms with Crippen molar-refractivity contribution in [1.82, 2.24) is 4.98 Å². The van der Waals surface area contributed by atoms with Gasteiger partial charge in [-0.15, -0.1) is 0 Å². The summed E-state index contributed by atoms with van der Waals surface area (Å²) in [5, 5.41) is 0.470. The van der Waals surface area contributed by atoms with Crippen molar-refractivity contribution in [3.63, 3.8) is 0 Å². The zero-order chi connectivity index (χ0) is 10.7. The van der Waals surface area contributed by atoms with Crippen molar-refractivity contribution in [2.75, 3.05) is 0 Å². The lowest BCUT2D eigenvalue weighted by Crippen LogP contribution is -1.89. The van der Waals surface area contributed by atoms with Crippen LogP contribution >= 0.6 is 11.6 Å². The normalized spacial score (nSPS) is 10.3. The molecule has 1 aromatic heterocycles. The van der Waals surface area contributed by atoms with Gasteiger partial charge >= 0.3 is 0 Å². The summed E-state index contributed by atoms with van der Waals surface area (Å²) in [6.07, 6.45) is 2.37. The van der Waals surface area contributed by atoms with Gasteiger partial charge in [0.25, 0.3) is 0 Å². The van der Waals surface area contributed by atoms with Crippen LogP contribution in [0, 0.1) is 5.82 Å². The van der Waals surface area contributed by atoms with Gasteiger partial charge in [-0.05, 0) is 35.7 Å². The van der Waals surface area contributed by atoms with E-state index < -0.39 is 0 Å². The van der Waals surface area contributed by atoms with Gasteiger partial charge in [0.2, 0.25) is 0 Å². The van der Waals surface area contributed by atoms with Crippen LogP contribution in [0.3, 0.4) is 0 Å². The van der Waals surface area contributed by atoms with Crippen molar-refractivity contribution in [1.29, 1.82) is 0 Å². The topological polar surface area (TPSA) is 12.9 Å². The van der Waals surface area contributed by atoms with E-state index in [4.69, 9.17) is 11.6 Å². The van der Waals surface area contributed by atoms with Crippen molar-refractivity contribution in [2.24, 2.45) is 0 Å². The maximum atomic E-state index is 12.9. The number of hydrogen-bond acceptors (Lipinski definition) is 1. The standard InChI is InChI=1S/C12H9ClFN/c13-12-5-4-10(8-15-12)6-9-2-1-3-11(14)7-9/h1-5,7-8H,6H2.